The van der Waals surface area contributed by atoms with Crippen LogP contribution in [-0.4, -0.2) is 38.3 Å². The molecule has 0 spiro atoms. The van der Waals surface area contributed by atoms with Gasteiger partial charge >= 0.3 is 0 Å². The zero-order valence-electron chi connectivity index (χ0n) is 12.8. The molecule has 8 heteroatoms. The summed E-state index contributed by atoms with van der Waals surface area (Å²) in [6.45, 7) is 6.83. The largest absolute Gasteiger partial charge is 0.366 e. The summed E-state index contributed by atoms with van der Waals surface area (Å²) >= 11 is 0. The van der Waals surface area contributed by atoms with E-state index >= 15 is 0 Å². The molecule has 3 N–H and O–H groups in total. The smallest absolute Gasteiger partial charge is 0.208 e. The fourth-order valence-corrected chi connectivity index (χ4v) is 1.99. The van der Waals surface area contributed by atoms with Crippen molar-refractivity contribution >= 4 is 15.8 Å². The van der Waals surface area contributed by atoms with Crippen molar-refractivity contribution in [3.8, 4) is 0 Å². The molecule has 21 heavy (non-hydrogen) atoms. The Hall–Kier alpha value is -1.25. The fourth-order valence-electron chi connectivity index (χ4n) is 1.52. The molecule has 0 aliphatic rings. The van der Waals surface area contributed by atoms with Crippen LogP contribution in [0.25, 0.3) is 0 Å². The first-order chi connectivity index (χ1) is 9.58. The minimum Gasteiger partial charge on any atom is -0.366 e. The van der Waals surface area contributed by atoms with E-state index in [1.807, 2.05) is 20.8 Å². The summed E-state index contributed by atoms with van der Waals surface area (Å²) in [5.74, 6) is -0.299. The Morgan fingerprint density at radius 2 is 1.95 bits per heavy atom. The van der Waals surface area contributed by atoms with Gasteiger partial charge in [-0.05, 0) is 26.8 Å². The van der Waals surface area contributed by atoms with Crippen LogP contribution in [-0.2, 0) is 16.6 Å². The predicted molar refractivity (Wildman–Crippen MR) is 82.1 cm³/mol. The Balaban J connectivity index is 2.60. The average Bonchev–Trinajstić information content (AvgIpc) is 2.32. The molecular formula is C13H23FN4O2S. The molecule has 0 amide bonds. The van der Waals surface area contributed by atoms with Crippen LogP contribution in [0.1, 0.15) is 26.3 Å². The lowest BCUT2D eigenvalue weighted by Crippen LogP contribution is -2.35. The van der Waals surface area contributed by atoms with Gasteiger partial charge in [0.1, 0.15) is 0 Å². The van der Waals surface area contributed by atoms with Crippen LogP contribution in [0, 0.1) is 5.82 Å². The molecule has 0 radical (unpaired) electrons. The number of nitrogens with zero attached hydrogens (tertiary/aromatic N) is 1. The van der Waals surface area contributed by atoms with E-state index in [4.69, 9.17) is 0 Å². The molecule has 0 bridgehead atoms. The van der Waals surface area contributed by atoms with Crippen LogP contribution >= 0.6 is 0 Å². The number of anilines is 1. The molecule has 0 atom stereocenters. The second-order valence-corrected chi connectivity index (χ2v) is 7.66. The van der Waals surface area contributed by atoms with Gasteiger partial charge in [-0.3, -0.25) is 0 Å². The highest BCUT2D eigenvalue weighted by Crippen LogP contribution is 2.15. The molecule has 0 saturated carbocycles. The van der Waals surface area contributed by atoms with Gasteiger partial charge in [0.15, 0.2) is 11.6 Å². The zero-order valence-corrected chi connectivity index (χ0v) is 13.6. The molecule has 120 valence electrons. The number of halogens is 1. The van der Waals surface area contributed by atoms with Crippen molar-refractivity contribution in [2.24, 2.45) is 0 Å². The summed E-state index contributed by atoms with van der Waals surface area (Å²) in [6, 6.07) is 1.62. The van der Waals surface area contributed by atoms with Crippen LogP contribution in [0.5, 0.6) is 0 Å². The molecule has 0 unspecified atom stereocenters. The normalized spacial score (nSPS) is 12.4. The Kier molecular flexibility index (Phi) is 6.06. The van der Waals surface area contributed by atoms with Gasteiger partial charge in [0.05, 0.1) is 6.26 Å². The van der Waals surface area contributed by atoms with Crippen molar-refractivity contribution in [3.63, 3.8) is 0 Å². The van der Waals surface area contributed by atoms with Crippen molar-refractivity contribution in [2.75, 3.05) is 24.7 Å². The van der Waals surface area contributed by atoms with Gasteiger partial charge < -0.3 is 10.6 Å². The SMILES string of the molecule is CC(C)(C)NCc1ccnc(NCCNS(C)(=O)=O)c1F. The lowest BCUT2D eigenvalue weighted by Gasteiger charge is -2.21. The summed E-state index contributed by atoms with van der Waals surface area (Å²) in [5, 5.41) is 5.99. The molecule has 6 nitrogen and oxygen atoms in total. The van der Waals surface area contributed by atoms with Gasteiger partial charge in [-0.2, -0.15) is 0 Å². The van der Waals surface area contributed by atoms with Crippen LogP contribution in [0.3, 0.4) is 0 Å². The minimum atomic E-state index is -3.24. The highest BCUT2D eigenvalue weighted by molar-refractivity contribution is 7.88. The van der Waals surface area contributed by atoms with Gasteiger partial charge in [-0.1, -0.05) is 0 Å². The van der Waals surface area contributed by atoms with Gasteiger partial charge in [0, 0.05) is 36.9 Å². The number of pyridine rings is 1. The molecule has 1 aromatic heterocycles. The van der Waals surface area contributed by atoms with Crippen LogP contribution in [0.15, 0.2) is 12.3 Å². The maximum Gasteiger partial charge on any atom is 0.208 e. The first-order valence-electron chi connectivity index (χ1n) is 6.65. The monoisotopic (exact) mass is 318 g/mol. The van der Waals surface area contributed by atoms with Gasteiger partial charge in [0.2, 0.25) is 10.0 Å². The van der Waals surface area contributed by atoms with E-state index in [1.165, 1.54) is 6.20 Å². The quantitative estimate of drug-likeness (QED) is 0.655. The number of hydrogen-bond donors (Lipinski definition) is 3. The van der Waals surface area contributed by atoms with Gasteiger partial charge in [0.25, 0.3) is 0 Å². The summed E-state index contributed by atoms with van der Waals surface area (Å²) < 4.78 is 38.3. The van der Waals surface area contributed by atoms with E-state index in [0.29, 0.717) is 12.1 Å². The Morgan fingerprint density at radius 3 is 2.52 bits per heavy atom. The number of hydrogen-bond acceptors (Lipinski definition) is 5. The maximum absolute atomic E-state index is 14.2. The lowest BCUT2D eigenvalue weighted by atomic mass is 10.1. The van der Waals surface area contributed by atoms with Crippen LogP contribution in [0.4, 0.5) is 10.2 Å². The number of nitrogens with one attached hydrogen (secondary N) is 3. The summed E-state index contributed by atoms with van der Waals surface area (Å²) in [4.78, 5) is 3.93. The third kappa shape index (κ3) is 7.35. The van der Waals surface area contributed by atoms with E-state index in [0.717, 1.165) is 6.26 Å². The second-order valence-electron chi connectivity index (χ2n) is 5.83. The van der Waals surface area contributed by atoms with E-state index in [-0.39, 0.29) is 24.4 Å². The van der Waals surface area contributed by atoms with Gasteiger partial charge in [-0.15, -0.1) is 0 Å². The highest BCUT2D eigenvalue weighted by atomic mass is 32.2. The first kappa shape index (κ1) is 17.8. The van der Waals surface area contributed by atoms with Crippen molar-refractivity contribution in [1.82, 2.24) is 15.0 Å². The topological polar surface area (TPSA) is 83.1 Å². The Morgan fingerprint density at radius 1 is 1.29 bits per heavy atom. The minimum absolute atomic E-state index is 0.108. The molecule has 1 heterocycles. The number of aromatic nitrogens is 1. The maximum atomic E-state index is 14.2. The fraction of sp³-hybridized carbons (Fsp3) is 0.615. The molecule has 1 aromatic rings. The number of sulfonamides is 1. The molecule has 0 fully saturated rings. The third-order valence-electron chi connectivity index (χ3n) is 2.56. The molecule has 0 aliphatic carbocycles. The van der Waals surface area contributed by atoms with Crippen molar-refractivity contribution < 1.29 is 12.8 Å². The summed E-state index contributed by atoms with van der Waals surface area (Å²) in [7, 11) is -3.24. The second kappa shape index (κ2) is 7.15. The molecule has 0 aromatic carbocycles. The van der Waals surface area contributed by atoms with E-state index in [2.05, 4.69) is 20.3 Å². The van der Waals surface area contributed by atoms with Crippen LogP contribution < -0.4 is 15.4 Å². The first-order valence-corrected chi connectivity index (χ1v) is 8.54. The molecule has 1 rings (SSSR count). The standard InChI is InChI=1S/C13H23FN4O2S/c1-13(2,3)17-9-10-5-6-15-12(11(10)14)16-7-8-18-21(4,19)20/h5-6,17-18H,7-9H2,1-4H3,(H,15,16). The average molecular weight is 318 g/mol. The zero-order chi connectivity index (χ0) is 16.1. The Bertz CT molecular complexity index is 570. The molecular weight excluding hydrogens is 295 g/mol. The van der Waals surface area contributed by atoms with E-state index < -0.39 is 15.8 Å². The number of rotatable bonds is 7. The summed E-state index contributed by atoms with van der Waals surface area (Å²) in [5.41, 5.74) is 0.404. The van der Waals surface area contributed by atoms with Gasteiger partial charge in [-0.25, -0.2) is 22.5 Å². The Labute approximate surface area is 125 Å². The van der Waals surface area contributed by atoms with Crippen molar-refractivity contribution in [1.29, 1.82) is 0 Å². The highest BCUT2D eigenvalue weighted by Gasteiger charge is 2.13. The molecule has 0 saturated heterocycles. The lowest BCUT2D eigenvalue weighted by molar-refractivity contribution is 0.418. The molecule has 0 aliphatic heterocycles. The van der Waals surface area contributed by atoms with E-state index in [1.54, 1.807) is 6.07 Å². The van der Waals surface area contributed by atoms with E-state index in [9.17, 15) is 12.8 Å². The third-order valence-corrected chi connectivity index (χ3v) is 3.29. The van der Waals surface area contributed by atoms with Crippen molar-refractivity contribution in [2.45, 2.75) is 32.9 Å². The predicted octanol–water partition coefficient (Wildman–Crippen LogP) is 1.07. The van der Waals surface area contributed by atoms with Crippen LogP contribution in [0.2, 0.25) is 0 Å². The van der Waals surface area contributed by atoms with Crippen molar-refractivity contribution in [3.05, 3.63) is 23.6 Å². The summed E-state index contributed by atoms with van der Waals surface area (Å²) in [6.07, 6.45) is 2.60.